The molecule has 0 fully saturated rings. The lowest BCUT2D eigenvalue weighted by Crippen LogP contribution is -2.37. The lowest BCUT2D eigenvalue weighted by Gasteiger charge is -2.23. The van der Waals surface area contributed by atoms with Crippen LogP contribution in [0, 0.1) is 5.41 Å². The van der Waals surface area contributed by atoms with E-state index >= 15 is 0 Å². The number of amides is 1. The van der Waals surface area contributed by atoms with Crippen LogP contribution < -0.4 is 11.1 Å². The molecule has 1 amide bonds. The van der Waals surface area contributed by atoms with Gasteiger partial charge in [-0.05, 0) is 25.2 Å². The molecule has 0 aromatic heterocycles. The highest BCUT2D eigenvalue weighted by atomic mass is 16.1. The lowest BCUT2D eigenvalue weighted by atomic mass is 9.87. The molecule has 94 valence electrons. The van der Waals surface area contributed by atoms with Gasteiger partial charge in [0.1, 0.15) is 0 Å². The van der Waals surface area contributed by atoms with Crippen molar-refractivity contribution in [3.63, 3.8) is 0 Å². The summed E-state index contributed by atoms with van der Waals surface area (Å²) < 4.78 is 0. The van der Waals surface area contributed by atoms with Crippen molar-refractivity contribution in [1.82, 2.24) is 5.32 Å². The van der Waals surface area contributed by atoms with Crippen LogP contribution in [0.15, 0.2) is 12.7 Å². The Balaban J connectivity index is 3.91. The molecular formula is C13H26N2O. The fraction of sp³-hybridized carbons (Fsp3) is 0.769. The quantitative estimate of drug-likeness (QED) is 0.682. The van der Waals surface area contributed by atoms with Gasteiger partial charge in [-0.2, -0.15) is 0 Å². The van der Waals surface area contributed by atoms with E-state index in [1.54, 1.807) is 6.08 Å². The van der Waals surface area contributed by atoms with E-state index in [-0.39, 0.29) is 23.4 Å². The maximum absolute atomic E-state index is 11.6. The van der Waals surface area contributed by atoms with Crippen molar-refractivity contribution in [2.75, 3.05) is 0 Å². The molecule has 0 aliphatic heterocycles. The zero-order valence-corrected chi connectivity index (χ0v) is 11.0. The van der Waals surface area contributed by atoms with Crippen molar-refractivity contribution < 1.29 is 4.79 Å². The topological polar surface area (TPSA) is 55.1 Å². The number of carbonyl (C=O) groups is 1. The second-order valence-corrected chi connectivity index (χ2v) is 5.72. The minimum atomic E-state index is -0.0593. The summed E-state index contributed by atoms with van der Waals surface area (Å²) in [6, 6.07) is 0.0859. The van der Waals surface area contributed by atoms with Crippen LogP contribution in [-0.4, -0.2) is 18.0 Å². The van der Waals surface area contributed by atoms with E-state index in [0.29, 0.717) is 6.42 Å². The predicted molar refractivity (Wildman–Crippen MR) is 69.1 cm³/mol. The Morgan fingerprint density at radius 1 is 1.50 bits per heavy atom. The van der Waals surface area contributed by atoms with E-state index in [1.807, 2.05) is 6.92 Å². The first-order chi connectivity index (χ1) is 7.24. The molecule has 3 heteroatoms. The van der Waals surface area contributed by atoms with E-state index < -0.39 is 0 Å². The number of nitrogens with two attached hydrogens (primary N) is 1. The molecule has 0 aromatic carbocycles. The highest BCUT2D eigenvalue weighted by molar-refractivity contribution is 5.76. The Morgan fingerprint density at radius 2 is 2.06 bits per heavy atom. The van der Waals surface area contributed by atoms with Crippen molar-refractivity contribution in [1.29, 1.82) is 0 Å². The van der Waals surface area contributed by atoms with Crippen LogP contribution in [0.25, 0.3) is 0 Å². The van der Waals surface area contributed by atoms with Gasteiger partial charge in [0.25, 0.3) is 0 Å². The van der Waals surface area contributed by atoms with Gasteiger partial charge in [0, 0.05) is 18.5 Å². The summed E-state index contributed by atoms with van der Waals surface area (Å²) in [4.78, 5) is 11.6. The third-order valence-electron chi connectivity index (χ3n) is 2.25. The molecule has 3 nitrogen and oxygen atoms in total. The van der Waals surface area contributed by atoms with Gasteiger partial charge in [-0.25, -0.2) is 0 Å². The summed E-state index contributed by atoms with van der Waals surface area (Å²) in [5, 5.41) is 2.91. The molecule has 0 bridgehead atoms. The third-order valence-corrected chi connectivity index (χ3v) is 2.25. The first kappa shape index (κ1) is 15.2. The summed E-state index contributed by atoms with van der Waals surface area (Å²) >= 11 is 0. The lowest BCUT2D eigenvalue weighted by molar-refractivity contribution is -0.122. The van der Waals surface area contributed by atoms with Crippen molar-refractivity contribution in [3.05, 3.63) is 12.7 Å². The van der Waals surface area contributed by atoms with E-state index in [9.17, 15) is 4.79 Å². The van der Waals surface area contributed by atoms with Gasteiger partial charge in [-0.3, -0.25) is 4.79 Å². The summed E-state index contributed by atoms with van der Waals surface area (Å²) in [6.07, 6.45) is 3.86. The molecule has 0 aliphatic rings. The zero-order chi connectivity index (χ0) is 12.8. The minimum Gasteiger partial charge on any atom is -0.353 e. The Kier molecular flexibility index (Phi) is 6.34. The largest absolute Gasteiger partial charge is 0.353 e. The molecule has 0 spiro atoms. The Labute approximate surface area is 99.5 Å². The Bertz CT molecular complexity index is 231. The van der Waals surface area contributed by atoms with Gasteiger partial charge in [0.15, 0.2) is 0 Å². The molecule has 3 N–H and O–H groups in total. The van der Waals surface area contributed by atoms with E-state index in [4.69, 9.17) is 5.73 Å². The Morgan fingerprint density at radius 3 is 2.50 bits per heavy atom. The van der Waals surface area contributed by atoms with Gasteiger partial charge in [0.2, 0.25) is 5.91 Å². The number of carbonyl (C=O) groups excluding carboxylic acids is 1. The average molecular weight is 226 g/mol. The molecule has 2 unspecified atom stereocenters. The van der Waals surface area contributed by atoms with Crippen molar-refractivity contribution in [2.24, 2.45) is 11.1 Å². The van der Waals surface area contributed by atoms with Gasteiger partial charge in [-0.15, -0.1) is 6.58 Å². The first-order valence-electron chi connectivity index (χ1n) is 5.90. The molecule has 0 rings (SSSR count). The predicted octanol–water partition coefficient (Wildman–Crippen LogP) is 2.22. The van der Waals surface area contributed by atoms with Crippen LogP contribution >= 0.6 is 0 Å². The molecule has 0 saturated carbocycles. The molecule has 0 aliphatic carbocycles. The van der Waals surface area contributed by atoms with Gasteiger partial charge in [-0.1, -0.05) is 26.8 Å². The molecule has 2 atom stereocenters. The van der Waals surface area contributed by atoms with Crippen molar-refractivity contribution in [3.8, 4) is 0 Å². The summed E-state index contributed by atoms with van der Waals surface area (Å²) in [6.45, 7) is 12.0. The number of hydrogen-bond donors (Lipinski definition) is 2. The molecule has 0 saturated heterocycles. The Hall–Kier alpha value is -0.830. The molecule has 0 radical (unpaired) electrons. The molecule has 0 aromatic rings. The fourth-order valence-electron chi connectivity index (χ4n) is 1.74. The minimum absolute atomic E-state index is 0.0334. The van der Waals surface area contributed by atoms with Crippen LogP contribution in [0.3, 0.4) is 0 Å². The average Bonchev–Trinajstić information content (AvgIpc) is 1.98. The van der Waals surface area contributed by atoms with E-state index in [2.05, 4.69) is 32.7 Å². The van der Waals surface area contributed by atoms with Crippen LogP contribution in [0.2, 0.25) is 0 Å². The van der Waals surface area contributed by atoms with Crippen molar-refractivity contribution in [2.45, 2.75) is 59.0 Å². The number of rotatable bonds is 6. The summed E-state index contributed by atoms with van der Waals surface area (Å²) in [7, 11) is 0. The highest BCUT2D eigenvalue weighted by Gasteiger charge is 2.18. The van der Waals surface area contributed by atoms with Crippen LogP contribution in [0.1, 0.15) is 47.0 Å². The summed E-state index contributed by atoms with van der Waals surface area (Å²) in [5.74, 6) is 0.0334. The molecule has 0 heterocycles. The zero-order valence-electron chi connectivity index (χ0n) is 11.0. The van der Waals surface area contributed by atoms with E-state index in [0.717, 1.165) is 12.8 Å². The first-order valence-corrected chi connectivity index (χ1v) is 5.90. The van der Waals surface area contributed by atoms with Gasteiger partial charge < -0.3 is 11.1 Å². The smallest absolute Gasteiger partial charge is 0.221 e. The number of hydrogen-bond acceptors (Lipinski definition) is 2. The van der Waals surface area contributed by atoms with E-state index in [1.165, 1.54) is 0 Å². The van der Waals surface area contributed by atoms with Gasteiger partial charge >= 0.3 is 0 Å². The van der Waals surface area contributed by atoms with Crippen LogP contribution in [0.5, 0.6) is 0 Å². The maximum Gasteiger partial charge on any atom is 0.221 e. The molecular weight excluding hydrogens is 200 g/mol. The van der Waals surface area contributed by atoms with Gasteiger partial charge in [0.05, 0.1) is 0 Å². The summed E-state index contributed by atoms with van der Waals surface area (Å²) in [5.41, 5.74) is 6.10. The maximum atomic E-state index is 11.6. The SMILES string of the molecule is C=CCC(C)NC(=O)CC(N)CC(C)(C)C. The number of nitrogens with one attached hydrogen (secondary N) is 1. The van der Waals surface area contributed by atoms with Crippen LogP contribution in [0.4, 0.5) is 0 Å². The second-order valence-electron chi connectivity index (χ2n) is 5.72. The van der Waals surface area contributed by atoms with Crippen molar-refractivity contribution >= 4 is 5.91 Å². The molecule has 16 heavy (non-hydrogen) atoms. The monoisotopic (exact) mass is 226 g/mol. The normalized spacial score (nSPS) is 15.3. The standard InChI is InChI=1S/C13H26N2O/c1-6-7-10(2)15-12(16)8-11(14)9-13(3,4)5/h6,10-11H,1,7-9,14H2,2-5H3,(H,15,16). The third kappa shape index (κ3) is 8.48. The highest BCUT2D eigenvalue weighted by Crippen LogP contribution is 2.20. The second kappa shape index (κ2) is 6.69. The van der Waals surface area contributed by atoms with Crippen LogP contribution in [-0.2, 0) is 4.79 Å². The fourth-order valence-corrected chi connectivity index (χ4v) is 1.74.